The van der Waals surface area contributed by atoms with Crippen molar-refractivity contribution in [2.45, 2.75) is 44.2 Å². The van der Waals surface area contributed by atoms with Gasteiger partial charge in [0.05, 0.1) is 0 Å². The summed E-state index contributed by atoms with van der Waals surface area (Å²) in [6.45, 7) is 2.62. The third-order valence-electron chi connectivity index (χ3n) is 4.68. The highest BCUT2D eigenvalue weighted by Gasteiger charge is 2.47. The van der Waals surface area contributed by atoms with Gasteiger partial charge in [-0.05, 0) is 62.4 Å². The molecule has 0 radical (unpaired) electrons. The van der Waals surface area contributed by atoms with E-state index in [1.165, 1.54) is 6.07 Å². The second-order valence-electron chi connectivity index (χ2n) is 5.77. The first-order chi connectivity index (χ1) is 9.02. The summed E-state index contributed by atoms with van der Waals surface area (Å²) in [6, 6.07) is 5.01. The van der Waals surface area contributed by atoms with Gasteiger partial charge in [0.15, 0.2) is 0 Å². The maximum atomic E-state index is 13.2. The van der Waals surface area contributed by atoms with Gasteiger partial charge >= 0.3 is 5.97 Å². The van der Waals surface area contributed by atoms with Crippen LogP contribution in [0.25, 0.3) is 0 Å². The lowest BCUT2D eigenvalue weighted by atomic mass is 9.96. The van der Waals surface area contributed by atoms with Crippen LogP contribution in [0.2, 0.25) is 0 Å². The largest absolute Gasteiger partial charge is 0.480 e. The first-order valence-corrected chi connectivity index (χ1v) is 6.81. The third-order valence-corrected chi connectivity index (χ3v) is 4.68. The van der Waals surface area contributed by atoms with E-state index in [0.29, 0.717) is 6.42 Å². The highest BCUT2D eigenvalue weighted by Crippen LogP contribution is 2.43. The molecule has 19 heavy (non-hydrogen) atoms. The quantitative estimate of drug-likeness (QED) is 0.892. The fraction of sp³-hybridized carbons (Fsp3) is 0.533. The van der Waals surface area contributed by atoms with Crippen molar-refractivity contribution in [3.63, 3.8) is 0 Å². The van der Waals surface area contributed by atoms with E-state index < -0.39 is 11.5 Å². The van der Waals surface area contributed by atoms with Crippen molar-refractivity contribution in [1.82, 2.24) is 4.90 Å². The number of hydrogen-bond donors (Lipinski definition) is 1. The molecule has 0 bridgehead atoms. The summed E-state index contributed by atoms with van der Waals surface area (Å²) >= 11 is 0. The van der Waals surface area contributed by atoms with E-state index in [9.17, 15) is 14.3 Å². The molecule has 1 heterocycles. The van der Waals surface area contributed by atoms with Crippen LogP contribution in [0.15, 0.2) is 18.2 Å². The molecule has 1 N–H and O–H groups in total. The average Bonchev–Trinajstić information content (AvgIpc) is 2.92. The first kappa shape index (κ1) is 12.6. The number of rotatable bonds is 2. The van der Waals surface area contributed by atoms with Crippen LogP contribution in [0, 0.1) is 5.82 Å². The average molecular weight is 263 g/mol. The van der Waals surface area contributed by atoms with Crippen LogP contribution in [0.5, 0.6) is 0 Å². The van der Waals surface area contributed by atoms with Gasteiger partial charge in [0, 0.05) is 6.04 Å². The Morgan fingerprint density at radius 2 is 2.32 bits per heavy atom. The summed E-state index contributed by atoms with van der Waals surface area (Å²) in [6.07, 6.45) is 3.33. The third kappa shape index (κ3) is 1.86. The van der Waals surface area contributed by atoms with Gasteiger partial charge in [-0.1, -0.05) is 6.07 Å². The molecule has 3 nitrogen and oxygen atoms in total. The van der Waals surface area contributed by atoms with E-state index in [0.717, 1.165) is 36.9 Å². The molecule has 0 saturated carbocycles. The first-order valence-electron chi connectivity index (χ1n) is 6.81. The number of likely N-dealkylation sites (tertiary alicyclic amines) is 1. The maximum Gasteiger partial charge on any atom is 0.323 e. The smallest absolute Gasteiger partial charge is 0.323 e. The van der Waals surface area contributed by atoms with Crippen LogP contribution in [-0.2, 0) is 11.2 Å². The maximum absolute atomic E-state index is 13.2. The molecule has 1 aliphatic carbocycles. The number of fused-ring (bicyclic) bond motifs is 1. The van der Waals surface area contributed by atoms with Crippen molar-refractivity contribution in [3.05, 3.63) is 35.1 Å². The van der Waals surface area contributed by atoms with Crippen LogP contribution < -0.4 is 0 Å². The van der Waals surface area contributed by atoms with E-state index in [-0.39, 0.29) is 11.9 Å². The molecular formula is C15H18FNO2. The summed E-state index contributed by atoms with van der Waals surface area (Å²) in [5.74, 6) is -0.956. The molecule has 1 saturated heterocycles. The number of hydrogen-bond acceptors (Lipinski definition) is 2. The Balaban J connectivity index is 1.95. The van der Waals surface area contributed by atoms with E-state index >= 15 is 0 Å². The minimum absolute atomic E-state index is 0.124. The standard InChI is InChI=1S/C15H18FNO2/c1-15(14(18)19)7-2-8-17(15)13-6-3-10-9-11(16)4-5-12(10)13/h4-5,9,13H,2-3,6-8H2,1H3,(H,18,19). The number of aryl methyl sites for hydroxylation is 1. The molecule has 1 aromatic carbocycles. The summed E-state index contributed by atoms with van der Waals surface area (Å²) in [7, 11) is 0. The normalized spacial score (nSPS) is 30.5. The minimum Gasteiger partial charge on any atom is -0.480 e. The van der Waals surface area contributed by atoms with Gasteiger partial charge in [-0.15, -0.1) is 0 Å². The zero-order chi connectivity index (χ0) is 13.6. The predicted octanol–water partition coefficient (Wildman–Crippen LogP) is 2.75. The van der Waals surface area contributed by atoms with E-state index in [1.807, 2.05) is 13.0 Å². The van der Waals surface area contributed by atoms with Crippen LogP contribution >= 0.6 is 0 Å². The number of carbonyl (C=O) groups is 1. The summed E-state index contributed by atoms with van der Waals surface area (Å²) in [5.41, 5.74) is 1.36. The number of carboxylic acids is 1. The van der Waals surface area contributed by atoms with Gasteiger partial charge in [-0.25, -0.2) is 4.39 Å². The number of carboxylic acid groups (broad SMARTS) is 1. The Kier molecular flexibility index (Phi) is 2.86. The van der Waals surface area contributed by atoms with Crippen LogP contribution in [0.3, 0.4) is 0 Å². The number of benzene rings is 1. The van der Waals surface area contributed by atoms with E-state index in [2.05, 4.69) is 4.90 Å². The lowest BCUT2D eigenvalue weighted by Crippen LogP contribution is -2.49. The molecule has 3 rings (SSSR count). The molecular weight excluding hydrogens is 245 g/mol. The molecule has 1 aliphatic heterocycles. The summed E-state index contributed by atoms with van der Waals surface area (Å²) < 4.78 is 13.2. The van der Waals surface area contributed by atoms with Gasteiger partial charge < -0.3 is 5.11 Å². The molecule has 1 fully saturated rings. The second kappa shape index (κ2) is 4.30. The van der Waals surface area contributed by atoms with Gasteiger partial charge in [0.25, 0.3) is 0 Å². The molecule has 2 atom stereocenters. The topological polar surface area (TPSA) is 40.5 Å². The monoisotopic (exact) mass is 263 g/mol. The van der Waals surface area contributed by atoms with Gasteiger partial charge in [0.1, 0.15) is 11.4 Å². The highest BCUT2D eigenvalue weighted by atomic mass is 19.1. The molecule has 0 spiro atoms. The van der Waals surface area contributed by atoms with Crippen molar-refractivity contribution in [2.24, 2.45) is 0 Å². The second-order valence-corrected chi connectivity index (χ2v) is 5.77. The number of nitrogens with zero attached hydrogens (tertiary/aromatic N) is 1. The predicted molar refractivity (Wildman–Crippen MR) is 69.4 cm³/mol. The molecule has 0 aromatic heterocycles. The molecule has 1 aromatic rings. The molecule has 4 heteroatoms. The van der Waals surface area contributed by atoms with Gasteiger partial charge in [-0.2, -0.15) is 0 Å². The Morgan fingerprint density at radius 1 is 1.53 bits per heavy atom. The Hall–Kier alpha value is -1.42. The fourth-order valence-corrected chi connectivity index (χ4v) is 3.60. The van der Waals surface area contributed by atoms with E-state index in [1.54, 1.807) is 6.07 Å². The molecule has 2 unspecified atom stereocenters. The van der Waals surface area contributed by atoms with Crippen molar-refractivity contribution in [3.8, 4) is 0 Å². The van der Waals surface area contributed by atoms with Crippen LogP contribution in [0.1, 0.15) is 43.4 Å². The zero-order valence-corrected chi connectivity index (χ0v) is 11.0. The van der Waals surface area contributed by atoms with Crippen LogP contribution in [-0.4, -0.2) is 28.1 Å². The number of halogens is 1. The van der Waals surface area contributed by atoms with Crippen molar-refractivity contribution < 1.29 is 14.3 Å². The number of aliphatic carboxylic acids is 1. The van der Waals surface area contributed by atoms with Crippen molar-refractivity contribution in [2.75, 3.05) is 6.54 Å². The highest BCUT2D eigenvalue weighted by molar-refractivity contribution is 5.78. The lowest BCUT2D eigenvalue weighted by molar-refractivity contribution is -0.150. The van der Waals surface area contributed by atoms with E-state index in [4.69, 9.17) is 0 Å². The molecule has 0 amide bonds. The zero-order valence-electron chi connectivity index (χ0n) is 11.0. The molecule has 102 valence electrons. The Bertz CT molecular complexity index is 531. The summed E-state index contributed by atoms with van der Waals surface area (Å²) in [5, 5.41) is 9.49. The molecule has 2 aliphatic rings. The van der Waals surface area contributed by atoms with Crippen molar-refractivity contribution in [1.29, 1.82) is 0 Å². The van der Waals surface area contributed by atoms with Gasteiger partial charge in [-0.3, -0.25) is 9.69 Å². The summed E-state index contributed by atoms with van der Waals surface area (Å²) in [4.78, 5) is 13.7. The minimum atomic E-state index is -0.777. The Labute approximate surface area is 112 Å². The lowest BCUT2D eigenvalue weighted by Gasteiger charge is -2.36. The fourth-order valence-electron chi connectivity index (χ4n) is 3.60. The van der Waals surface area contributed by atoms with Crippen LogP contribution in [0.4, 0.5) is 4.39 Å². The van der Waals surface area contributed by atoms with Crippen molar-refractivity contribution >= 4 is 5.97 Å². The van der Waals surface area contributed by atoms with Gasteiger partial charge in [0.2, 0.25) is 0 Å². The Morgan fingerprint density at radius 3 is 3.05 bits per heavy atom. The SMILES string of the molecule is CC1(C(=O)O)CCCN1C1CCc2cc(F)ccc21.